The highest BCUT2D eigenvalue weighted by atomic mass is 32.2. The summed E-state index contributed by atoms with van der Waals surface area (Å²) in [7, 11) is -3.19. The molecule has 0 bridgehead atoms. The molecule has 2 aliphatic rings. The molecule has 7 heteroatoms. The van der Waals surface area contributed by atoms with Crippen molar-refractivity contribution in [3.05, 3.63) is 0 Å². The standard InChI is InChI=1S/C18H35N3O3S/c1-3-17-10-5-6-12-20(17)13-8-11-19-18(22)16-9-7-14-21(15-16)25(23,24)4-2/h16-17H,3-15H2,1-2H3,(H,19,22)/t16-,17+/m0/s1. The molecule has 146 valence electrons. The van der Waals surface area contributed by atoms with Gasteiger partial charge in [0, 0.05) is 32.2 Å². The monoisotopic (exact) mass is 373 g/mol. The minimum atomic E-state index is -3.19. The second kappa shape index (κ2) is 9.88. The Morgan fingerprint density at radius 1 is 1.12 bits per heavy atom. The van der Waals surface area contributed by atoms with E-state index >= 15 is 0 Å². The Bertz CT molecular complexity index is 524. The van der Waals surface area contributed by atoms with Gasteiger partial charge in [0.2, 0.25) is 15.9 Å². The first kappa shape index (κ1) is 20.6. The number of hydrogen-bond donors (Lipinski definition) is 1. The molecule has 0 spiro atoms. The fourth-order valence-corrected chi connectivity index (χ4v) is 5.23. The van der Waals surface area contributed by atoms with Crippen molar-refractivity contribution in [2.45, 2.75) is 64.8 Å². The lowest BCUT2D eigenvalue weighted by Gasteiger charge is -2.35. The second-order valence-corrected chi connectivity index (χ2v) is 9.59. The van der Waals surface area contributed by atoms with E-state index in [1.165, 1.54) is 36.5 Å². The van der Waals surface area contributed by atoms with Gasteiger partial charge in [-0.2, -0.15) is 0 Å². The fraction of sp³-hybridized carbons (Fsp3) is 0.944. The first-order valence-electron chi connectivity index (χ1n) is 9.97. The molecule has 1 N–H and O–H groups in total. The van der Waals surface area contributed by atoms with Crippen LogP contribution in [0.5, 0.6) is 0 Å². The first-order valence-corrected chi connectivity index (χ1v) is 11.6. The zero-order chi connectivity index (χ0) is 18.3. The molecular weight excluding hydrogens is 338 g/mol. The van der Waals surface area contributed by atoms with Crippen LogP contribution in [-0.4, -0.2) is 68.0 Å². The van der Waals surface area contributed by atoms with Gasteiger partial charge in [-0.15, -0.1) is 0 Å². The van der Waals surface area contributed by atoms with E-state index in [1.807, 2.05) is 0 Å². The van der Waals surface area contributed by atoms with Crippen LogP contribution >= 0.6 is 0 Å². The highest BCUT2D eigenvalue weighted by Crippen LogP contribution is 2.20. The van der Waals surface area contributed by atoms with Gasteiger partial charge in [0.15, 0.2) is 0 Å². The molecule has 0 unspecified atom stereocenters. The molecule has 2 atom stereocenters. The quantitative estimate of drug-likeness (QED) is 0.659. The van der Waals surface area contributed by atoms with Crippen molar-refractivity contribution < 1.29 is 13.2 Å². The van der Waals surface area contributed by atoms with Crippen LogP contribution in [0.3, 0.4) is 0 Å². The number of piperidine rings is 2. The summed E-state index contributed by atoms with van der Waals surface area (Å²) in [4.78, 5) is 14.9. The largest absolute Gasteiger partial charge is 0.356 e. The number of nitrogens with zero attached hydrogens (tertiary/aromatic N) is 2. The molecule has 25 heavy (non-hydrogen) atoms. The molecule has 2 saturated heterocycles. The minimum Gasteiger partial charge on any atom is -0.356 e. The molecule has 2 heterocycles. The lowest BCUT2D eigenvalue weighted by molar-refractivity contribution is -0.126. The summed E-state index contributed by atoms with van der Waals surface area (Å²) in [6.07, 6.45) is 7.64. The Hall–Kier alpha value is -0.660. The zero-order valence-corrected chi connectivity index (χ0v) is 16.7. The topological polar surface area (TPSA) is 69.7 Å². The average molecular weight is 374 g/mol. The zero-order valence-electron chi connectivity index (χ0n) is 15.9. The summed E-state index contributed by atoms with van der Waals surface area (Å²) >= 11 is 0. The number of likely N-dealkylation sites (tertiary alicyclic amines) is 1. The molecular formula is C18H35N3O3S. The maximum atomic E-state index is 12.4. The van der Waals surface area contributed by atoms with Crippen molar-refractivity contribution in [2.75, 3.05) is 38.5 Å². The Kier molecular flexibility index (Phi) is 8.16. The minimum absolute atomic E-state index is 0.0155. The molecule has 6 nitrogen and oxygen atoms in total. The van der Waals surface area contributed by atoms with Gasteiger partial charge >= 0.3 is 0 Å². The van der Waals surface area contributed by atoms with Gasteiger partial charge in [0.05, 0.1) is 11.7 Å². The summed E-state index contributed by atoms with van der Waals surface area (Å²) < 4.78 is 25.5. The highest BCUT2D eigenvalue weighted by molar-refractivity contribution is 7.89. The van der Waals surface area contributed by atoms with Gasteiger partial charge in [-0.3, -0.25) is 4.79 Å². The number of hydrogen-bond acceptors (Lipinski definition) is 4. The van der Waals surface area contributed by atoms with Crippen molar-refractivity contribution in [3.63, 3.8) is 0 Å². The molecule has 0 aromatic heterocycles. The van der Waals surface area contributed by atoms with E-state index in [0.29, 0.717) is 25.7 Å². The number of carbonyl (C=O) groups is 1. The van der Waals surface area contributed by atoms with Gasteiger partial charge in [-0.25, -0.2) is 12.7 Å². The number of sulfonamides is 1. The summed E-state index contributed by atoms with van der Waals surface area (Å²) in [5.74, 6) is -0.0781. The first-order chi connectivity index (χ1) is 12.0. The maximum Gasteiger partial charge on any atom is 0.224 e. The molecule has 2 fully saturated rings. The SMILES string of the molecule is CC[C@@H]1CCCCN1CCCNC(=O)[C@H]1CCCN(S(=O)(=O)CC)C1. The van der Waals surface area contributed by atoms with E-state index < -0.39 is 10.0 Å². The van der Waals surface area contributed by atoms with E-state index in [4.69, 9.17) is 0 Å². The van der Waals surface area contributed by atoms with Gasteiger partial charge in [-0.05, 0) is 52.0 Å². The van der Waals surface area contributed by atoms with Gasteiger partial charge in [0.25, 0.3) is 0 Å². The lowest BCUT2D eigenvalue weighted by Crippen LogP contribution is -2.46. The van der Waals surface area contributed by atoms with Crippen molar-refractivity contribution in [2.24, 2.45) is 5.92 Å². The van der Waals surface area contributed by atoms with Crippen LogP contribution in [-0.2, 0) is 14.8 Å². The molecule has 1 amide bonds. The van der Waals surface area contributed by atoms with Gasteiger partial charge < -0.3 is 10.2 Å². The van der Waals surface area contributed by atoms with Crippen LogP contribution in [0.15, 0.2) is 0 Å². The summed E-state index contributed by atoms with van der Waals surface area (Å²) in [5.41, 5.74) is 0. The van der Waals surface area contributed by atoms with E-state index in [9.17, 15) is 13.2 Å². The average Bonchev–Trinajstić information content (AvgIpc) is 2.65. The predicted octanol–water partition coefficient (Wildman–Crippen LogP) is 1.82. The van der Waals surface area contributed by atoms with Crippen LogP contribution in [0.25, 0.3) is 0 Å². The van der Waals surface area contributed by atoms with Crippen LogP contribution < -0.4 is 5.32 Å². The highest BCUT2D eigenvalue weighted by Gasteiger charge is 2.31. The molecule has 0 saturated carbocycles. The van der Waals surface area contributed by atoms with Crippen LogP contribution in [0.2, 0.25) is 0 Å². The molecule has 2 rings (SSSR count). The second-order valence-electron chi connectivity index (χ2n) is 7.34. The number of amides is 1. The Morgan fingerprint density at radius 2 is 1.92 bits per heavy atom. The molecule has 0 aromatic carbocycles. The predicted molar refractivity (Wildman–Crippen MR) is 101 cm³/mol. The van der Waals surface area contributed by atoms with E-state index in [1.54, 1.807) is 6.92 Å². The molecule has 0 aliphatic carbocycles. The summed E-state index contributed by atoms with van der Waals surface area (Å²) in [6, 6.07) is 0.704. The van der Waals surface area contributed by atoms with Gasteiger partial charge in [-0.1, -0.05) is 13.3 Å². The third kappa shape index (κ3) is 5.93. The third-order valence-electron chi connectivity index (χ3n) is 5.65. The van der Waals surface area contributed by atoms with Crippen LogP contribution in [0.4, 0.5) is 0 Å². The summed E-state index contributed by atoms with van der Waals surface area (Å²) in [6.45, 7) is 7.70. The summed E-state index contributed by atoms with van der Waals surface area (Å²) in [5, 5.41) is 3.03. The number of rotatable bonds is 8. The Morgan fingerprint density at radius 3 is 2.64 bits per heavy atom. The van der Waals surface area contributed by atoms with E-state index in [2.05, 4.69) is 17.1 Å². The fourth-order valence-electron chi connectivity index (χ4n) is 4.05. The Labute approximate surface area is 153 Å². The smallest absolute Gasteiger partial charge is 0.224 e. The number of nitrogens with one attached hydrogen (secondary N) is 1. The third-order valence-corrected chi connectivity index (χ3v) is 7.50. The number of carbonyl (C=O) groups excluding carboxylic acids is 1. The van der Waals surface area contributed by atoms with Crippen LogP contribution in [0, 0.1) is 5.92 Å². The van der Waals surface area contributed by atoms with E-state index in [-0.39, 0.29) is 17.6 Å². The van der Waals surface area contributed by atoms with Crippen molar-refractivity contribution in [3.8, 4) is 0 Å². The molecule has 0 radical (unpaired) electrons. The lowest BCUT2D eigenvalue weighted by atomic mass is 9.98. The van der Waals surface area contributed by atoms with E-state index in [0.717, 1.165) is 25.8 Å². The van der Waals surface area contributed by atoms with Crippen molar-refractivity contribution >= 4 is 15.9 Å². The normalized spacial score (nSPS) is 26.5. The Balaban J connectivity index is 1.71. The molecule has 2 aliphatic heterocycles. The maximum absolute atomic E-state index is 12.4. The van der Waals surface area contributed by atoms with Gasteiger partial charge in [0.1, 0.15) is 0 Å². The van der Waals surface area contributed by atoms with Crippen molar-refractivity contribution in [1.29, 1.82) is 0 Å². The van der Waals surface area contributed by atoms with Crippen molar-refractivity contribution in [1.82, 2.24) is 14.5 Å². The molecule has 0 aromatic rings. The van der Waals surface area contributed by atoms with Crippen LogP contribution in [0.1, 0.15) is 58.8 Å².